The number of ether oxygens (including phenoxy) is 2. The Morgan fingerprint density at radius 2 is 2.00 bits per heavy atom. The van der Waals surface area contributed by atoms with E-state index in [2.05, 4.69) is 21.2 Å². The first kappa shape index (κ1) is 19.2. The highest BCUT2D eigenvalue weighted by Gasteiger charge is 2.11. The second kappa shape index (κ2) is 8.83. The molecule has 7 heteroatoms. The van der Waals surface area contributed by atoms with E-state index in [-0.39, 0.29) is 5.57 Å². The summed E-state index contributed by atoms with van der Waals surface area (Å²) in [6, 6.07) is 13.6. The molecule has 1 N–H and O–H groups in total. The monoisotopic (exact) mass is 414 g/mol. The Morgan fingerprint density at radius 3 is 2.62 bits per heavy atom. The van der Waals surface area contributed by atoms with E-state index in [1.54, 1.807) is 42.5 Å². The van der Waals surface area contributed by atoms with E-state index in [4.69, 9.17) is 9.47 Å². The van der Waals surface area contributed by atoms with Gasteiger partial charge in [0.25, 0.3) is 5.91 Å². The SMILES string of the molecule is COc1cccc(NC(=O)/C(C#N)=C/c2ccc(OC(C)=O)c(Br)c2)c1. The Bertz CT molecular complexity index is 916. The van der Waals surface area contributed by atoms with Gasteiger partial charge in [-0.05, 0) is 51.8 Å². The van der Waals surface area contributed by atoms with Crippen LogP contribution < -0.4 is 14.8 Å². The molecule has 0 aliphatic carbocycles. The number of carbonyl (C=O) groups is 2. The molecule has 0 aliphatic heterocycles. The molecule has 0 radical (unpaired) electrons. The molecule has 0 saturated heterocycles. The van der Waals surface area contributed by atoms with Gasteiger partial charge in [0.1, 0.15) is 23.1 Å². The highest BCUT2D eigenvalue weighted by molar-refractivity contribution is 9.10. The van der Waals surface area contributed by atoms with Crippen molar-refractivity contribution < 1.29 is 19.1 Å². The molecule has 2 aromatic carbocycles. The lowest BCUT2D eigenvalue weighted by Crippen LogP contribution is -2.13. The highest BCUT2D eigenvalue weighted by Crippen LogP contribution is 2.27. The Labute approximate surface area is 159 Å². The van der Waals surface area contributed by atoms with Crippen LogP contribution in [0.1, 0.15) is 12.5 Å². The van der Waals surface area contributed by atoms with Gasteiger partial charge in [-0.3, -0.25) is 9.59 Å². The third-order valence-electron chi connectivity index (χ3n) is 3.21. The number of hydrogen-bond donors (Lipinski definition) is 1. The average molecular weight is 415 g/mol. The normalized spacial score (nSPS) is 10.6. The Hall–Kier alpha value is -3.11. The molecule has 26 heavy (non-hydrogen) atoms. The number of nitrogens with one attached hydrogen (secondary N) is 1. The van der Waals surface area contributed by atoms with Gasteiger partial charge in [0, 0.05) is 18.7 Å². The maximum atomic E-state index is 12.3. The molecule has 1 amide bonds. The summed E-state index contributed by atoms with van der Waals surface area (Å²) in [5, 5.41) is 11.9. The minimum Gasteiger partial charge on any atom is -0.497 e. The Balaban J connectivity index is 2.21. The summed E-state index contributed by atoms with van der Waals surface area (Å²) in [5.74, 6) is -0.0328. The van der Waals surface area contributed by atoms with Crippen molar-refractivity contribution in [3.63, 3.8) is 0 Å². The molecule has 132 valence electrons. The maximum absolute atomic E-state index is 12.3. The first-order chi connectivity index (χ1) is 12.4. The Morgan fingerprint density at radius 1 is 1.23 bits per heavy atom. The smallest absolute Gasteiger partial charge is 0.308 e. The molecular weight excluding hydrogens is 400 g/mol. The number of rotatable bonds is 5. The van der Waals surface area contributed by atoms with Gasteiger partial charge in [-0.25, -0.2) is 0 Å². The number of nitriles is 1. The summed E-state index contributed by atoms with van der Waals surface area (Å²) < 4.78 is 10.6. The van der Waals surface area contributed by atoms with Crippen molar-refractivity contribution in [2.24, 2.45) is 0 Å². The van der Waals surface area contributed by atoms with Crippen LogP contribution in [0.4, 0.5) is 5.69 Å². The molecule has 0 atom stereocenters. The lowest BCUT2D eigenvalue weighted by molar-refractivity contribution is -0.131. The van der Waals surface area contributed by atoms with Crippen molar-refractivity contribution in [2.75, 3.05) is 12.4 Å². The summed E-state index contributed by atoms with van der Waals surface area (Å²) in [5.41, 5.74) is 1.05. The number of nitrogens with zero attached hydrogens (tertiary/aromatic N) is 1. The van der Waals surface area contributed by atoms with Crippen LogP contribution in [0.3, 0.4) is 0 Å². The number of halogens is 1. The quantitative estimate of drug-likeness (QED) is 0.346. The predicted octanol–water partition coefficient (Wildman–Crippen LogP) is 3.93. The van der Waals surface area contributed by atoms with E-state index in [0.29, 0.717) is 27.2 Å². The third kappa shape index (κ3) is 5.19. The van der Waals surface area contributed by atoms with Crippen LogP contribution in [0.5, 0.6) is 11.5 Å². The van der Waals surface area contributed by atoms with Gasteiger partial charge >= 0.3 is 5.97 Å². The highest BCUT2D eigenvalue weighted by atomic mass is 79.9. The zero-order valence-corrected chi connectivity index (χ0v) is 15.7. The summed E-state index contributed by atoms with van der Waals surface area (Å²) in [6.07, 6.45) is 1.44. The van der Waals surface area contributed by atoms with E-state index >= 15 is 0 Å². The van der Waals surface area contributed by atoms with Crippen LogP contribution in [0, 0.1) is 11.3 Å². The van der Waals surface area contributed by atoms with Crippen molar-refractivity contribution in [3.8, 4) is 17.6 Å². The molecule has 0 saturated carbocycles. The van der Waals surface area contributed by atoms with Crippen molar-refractivity contribution in [1.29, 1.82) is 5.26 Å². The van der Waals surface area contributed by atoms with E-state index in [1.165, 1.54) is 20.1 Å². The minimum absolute atomic E-state index is 0.0695. The molecule has 0 bridgehead atoms. The molecule has 2 aromatic rings. The standard InChI is InChI=1S/C19H15BrN2O4/c1-12(23)26-18-7-6-13(9-17(18)20)8-14(11-21)19(24)22-15-4-3-5-16(10-15)25-2/h3-10H,1-2H3,(H,22,24)/b14-8+. The van der Waals surface area contributed by atoms with E-state index in [0.717, 1.165) is 0 Å². The number of methoxy groups -OCH3 is 1. The van der Waals surface area contributed by atoms with E-state index in [9.17, 15) is 14.9 Å². The molecule has 6 nitrogen and oxygen atoms in total. The molecule has 0 spiro atoms. The summed E-state index contributed by atoms with van der Waals surface area (Å²) in [7, 11) is 1.53. The molecule has 2 rings (SSSR count). The van der Waals surface area contributed by atoms with Crippen LogP contribution in [-0.4, -0.2) is 19.0 Å². The molecule has 0 fully saturated rings. The lowest BCUT2D eigenvalue weighted by atomic mass is 10.1. The Kier molecular flexibility index (Phi) is 6.53. The number of anilines is 1. The number of carbonyl (C=O) groups excluding carboxylic acids is 2. The molecular formula is C19H15BrN2O4. The van der Waals surface area contributed by atoms with Crippen molar-refractivity contribution >= 4 is 39.6 Å². The van der Waals surface area contributed by atoms with Crippen LogP contribution in [0.15, 0.2) is 52.5 Å². The van der Waals surface area contributed by atoms with Gasteiger partial charge in [0.05, 0.1) is 11.6 Å². The maximum Gasteiger partial charge on any atom is 0.308 e. The second-order valence-corrected chi connectivity index (χ2v) is 5.99. The number of benzene rings is 2. The minimum atomic E-state index is -0.541. The number of amides is 1. The summed E-state index contributed by atoms with van der Waals surface area (Å²) in [6.45, 7) is 1.30. The molecule has 0 aromatic heterocycles. The largest absolute Gasteiger partial charge is 0.497 e. The van der Waals surface area contributed by atoms with Crippen molar-refractivity contribution in [2.45, 2.75) is 6.92 Å². The predicted molar refractivity (Wildman–Crippen MR) is 101 cm³/mol. The number of esters is 1. The van der Waals surface area contributed by atoms with Gasteiger partial charge in [-0.2, -0.15) is 5.26 Å². The zero-order chi connectivity index (χ0) is 19.1. The van der Waals surface area contributed by atoms with Crippen LogP contribution in [-0.2, 0) is 9.59 Å². The zero-order valence-electron chi connectivity index (χ0n) is 14.1. The first-order valence-electron chi connectivity index (χ1n) is 7.48. The van der Waals surface area contributed by atoms with Gasteiger partial charge in [0.2, 0.25) is 0 Å². The van der Waals surface area contributed by atoms with Gasteiger partial charge in [-0.15, -0.1) is 0 Å². The fraction of sp³-hybridized carbons (Fsp3) is 0.105. The van der Waals surface area contributed by atoms with Gasteiger partial charge in [0.15, 0.2) is 0 Å². The molecule has 0 aliphatic rings. The topological polar surface area (TPSA) is 88.4 Å². The van der Waals surface area contributed by atoms with Crippen LogP contribution >= 0.6 is 15.9 Å². The van der Waals surface area contributed by atoms with E-state index in [1.807, 2.05) is 6.07 Å². The van der Waals surface area contributed by atoms with Crippen molar-refractivity contribution in [3.05, 3.63) is 58.1 Å². The van der Waals surface area contributed by atoms with Crippen LogP contribution in [0.2, 0.25) is 0 Å². The average Bonchev–Trinajstić information content (AvgIpc) is 2.61. The lowest BCUT2D eigenvalue weighted by Gasteiger charge is -2.07. The van der Waals surface area contributed by atoms with E-state index < -0.39 is 11.9 Å². The second-order valence-electron chi connectivity index (χ2n) is 5.14. The van der Waals surface area contributed by atoms with Gasteiger partial charge in [-0.1, -0.05) is 12.1 Å². The number of hydrogen-bond acceptors (Lipinski definition) is 5. The summed E-state index contributed by atoms with van der Waals surface area (Å²) >= 11 is 3.29. The molecule has 0 heterocycles. The first-order valence-corrected chi connectivity index (χ1v) is 8.27. The third-order valence-corrected chi connectivity index (χ3v) is 3.83. The fourth-order valence-electron chi connectivity index (χ4n) is 2.06. The van der Waals surface area contributed by atoms with Crippen molar-refractivity contribution in [1.82, 2.24) is 0 Å². The molecule has 0 unspecified atom stereocenters. The summed E-state index contributed by atoms with van der Waals surface area (Å²) in [4.78, 5) is 23.3. The van der Waals surface area contributed by atoms with Gasteiger partial charge < -0.3 is 14.8 Å². The van der Waals surface area contributed by atoms with Crippen LogP contribution in [0.25, 0.3) is 6.08 Å². The fourth-order valence-corrected chi connectivity index (χ4v) is 2.54.